The maximum atomic E-state index is 10.6. The largest absolute Gasteiger partial charge is 0.490 e. The van der Waals surface area contributed by atoms with E-state index in [0.717, 1.165) is 42.8 Å². The summed E-state index contributed by atoms with van der Waals surface area (Å²) >= 11 is 12.2. The van der Waals surface area contributed by atoms with Gasteiger partial charge in [0.1, 0.15) is 11.9 Å². The number of likely N-dealkylation sites (tertiary alicyclic amines) is 1. The monoisotopic (exact) mass is 572 g/mol. The molecule has 1 aliphatic heterocycles. The second-order valence-corrected chi connectivity index (χ2v) is 9.97. The van der Waals surface area contributed by atoms with Gasteiger partial charge in [-0.15, -0.1) is 0 Å². The highest BCUT2D eigenvalue weighted by Gasteiger charge is 2.38. The molecule has 1 aliphatic rings. The molecule has 1 atom stereocenters. The van der Waals surface area contributed by atoms with Crippen LogP contribution in [0.5, 0.6) is 5.75 Å². The van der Waals surface area contributed by atoms with Crippen molar-refractivity contribution in [3.63, 3.8) is 0 Å². The van der Waals surface area contributed by atoms with Crippen molar-refractivity contribution in [2.75, 3.05) is 40.3 Å². The highest BCUT2D eigenvalue weighted by molar-refractivity contribution is 6.42. The van der Waals surface area contributed by atoms with E-state index in [1.54, 1.807) is 12.1 Å². The van der Waals surface area contributed by atoms with Crippen LogP contribution in [0.1, 0.15) is 49.3 Å². The van der Waals surface area contributed by atoms with Crippen LogP contribution in [0, 0.1) is 11.8 Å². The molecule has 0 aromatic heterocycles. The molecule has 208 valence electrons. The van der Waals surface area contributed by atoms with Crippen LogP contribution >= 0.6 is 23.2 Å². The van der Waals surface area contributed by atoms with E-state index < -0.39 is 12.1 Å². The molecule has 0 spiro atoms. The SMILES string of the molecule is CN(C)CCC(Oc1ccc(Cl)c(Cl)c1)c1ccc(C#CCCN2CCCCC2)cc1.O=C(O)C(F)(F)F. The van der Waals surface area contributed by atoms with Crippen molar-refractivity contribution in [3.8, 4) is 17.6 Å². The minimum atomic E-state index is -5.08. The topological polar surface area (TPSA) is 53.0 Å². The van der Waals surface area contributed by atoms with E-state index in [0.29, 0.717) is 10.0 Å². The van der Waals surface area contributed by atoms with Gasteiger partial charge in [0, 0.05) is 37.6 Å². The van der Waals surface area contributed by atoms with Crippen LogP contribution in [0.2, 0.25) is 10.0 Å². The Hall–Kier alpha value is -2.44. The first-order valence-corrected chi connectivity index (χ1v) is 13.1. The van der Waals surface area contributed by atoms with Crippen LogP contribution in [0.15, 0.2) is 42.5 Å². The summed E-state index contributed by atoms with van der Waals surface area (Å²) in [7, 11) is 4.14. The van der Waals surface area contributed by atoms with Crippen molar-refractivity contribution < 1.29 is 27.8 Å². The van der Waals surface area contributed by atoms with Crippen molar-refractivity contribution >= 4 is 29.2 Å². The molecule has 1 saturated heterocycles. The molecule has 1 N–H and O–H groups in total. The Kier molecular flexibility index (Phi) is 13.3. The van der Waals surface area contributed by atoms with Gasteiger partial charge in [-0.1, -0.05) is 53.6 Å². The number of hydrogen-bond acceptors (Lipinski definition) is 4. The van der Waals surface area contributed by atoms with Gasteiger partial charge in [0.05, 0.1) is 10.0 Å². The average molecular weight is 573 g/mol. The number of rotatable bonds is 8. The standard InChI is InChI=1S/C26H32Cl2N2O.C2HF3O2/c1-29(2)19-15-26(31-23-13-14-24(27)25(28)20-23)22-11-9-21(10-12-22)8-4-7-18-30-16-5-3-6-17-30;3-2(4,5)1(6)7/h9-14,20,26H,3,5-7,15-19H2,1-2H3;(H,6,7). The number of carbonyl (C=O) groups is 1. The first-order chi connectivity index (χ1) is 18.0. The van der Waals surface area contributed by atoms with E-state index in [1.807, 2.05) is 6.07 Å². The van der Waals surface area contributed by atoms with Crippen molar-refractivity contribution in [1.82, 2.24) is 9.80 Å². The summed E-state index contributed by atoms with van der Waals surface area (Å²) in [4.78, 5) is 13.6. The molecule has 0 aliphatic carbocycles. The summed E-state index contributed by atoms with van der Waals surface area (Å²) in [6.45, 7) is 4.45. The molecule has 10 heteroatoms. The Labute approximate surface area is 232 Å². The van der Waals surface area contributed by atoms with Gasteiger partial charge >= 0.3 is 12.1 Å². The molecule has 0 bridgehead atoms. The molecule has 0 saturated carbocycles. The molecular weight excluding hydrogens is 540 g/mol. The smallest absolute Gasteiger partial charge is 0.486 e. The van der Waals surface area contributed by atoms with E-state index in [9.17, 15) is 13.2 Å². The Morgan fingerprint density at radius 1 is 1.08 bits per heavy atom. The number of halogens is 5. The summed E-state index contributed by atoms with van der Waals surface area (Å²) in [5.41, 5.74) is 2.18. The number of piperidine rings is 1. The zero-order valence-electron chi connectivity index (χ0n) is 21.5. The summed E-state index contributed by atoms with van der Waals surface area (Å²) in [6.07, 6.45) is 0.670. The summed E-state index contributed by atoms with van der Waals surface area (Å²) < 4.78 is 38.0. The lowest BCUT2D eigenvalue weighted by atomic mass is 10.0. The van der Waals surface area contributed by atoms with Crippen molar-refractivity contribution in [3.05, 3.63) is 63.6 Å². The zero-order chi connectivity index (χ0) is 28.1. The number of aliphatic carboxylic acids is 1. The fourth-order valence-corrected chi connectivity index (χ4v) is 4.01. The van der Waals surface area contributed by atoms with E-state index >= 15 is 0 Å². The maximum absolute atomic E-state index is 10.6. The number of nitrogens with zero attached hydrogens (tertiary/aromatic N) is 2. The molecule has 2 aromatic carbocycles. The van der Waals surface area contributed by atoms with Crippen LogP contribution in [0.4, 0.5) is 13.2 Å². The lowest BCUT2D eigenvalue weighted by Gasteiger charge is -2.25. The fourth-order valence-electron chi connectivity index (χ4n) is 3.73. The molecule has 1 unspecified atom stereocenters. The fraction of sp³-hybridized carbons (Fsp3) is 0.464. The predicted molar refractivity (Wildman–Crippen MR) is 145 cm³/mol. The van der Waals surface area contributed by atoms with Gasteiger partial charge in [-0.05, 0) is 69.9 Å². The van der Waals surface area contributed by atoms with Gasteiger partial charge in [-0.2, -0.15) is 13.2 Å². The van der Waals surface area contributed by atoms with Crippen LogP contribution < -0.4 is 4.74 Å². The third-order valence-corrected chi connectivity index (χ3v) is 6.51. The molecule has 3 rings (SSSR count). The Bertz CT molecular complexity index is 1080. The van der Waals surface area contributed by atoms with E-state index in [4.69, 9.17) is 37.8 Å². The average Bonchev–Trinajstić information content (AvgIpc) is 2.87. The van der Waals surface area contributed by atoms with Gasteiger partial charge < -0.3 is 19.6 Å². The number of carboxylic acids is 1. The summed E-state index contributed by atoms with van der Waals surface area (Å²) in [6, 6.07) is 13.8. The Balaban J connectivity index is 0.000000638. The van der Waals surface area contributed by atoms with Gasteiger partial charge in [0.25, 0.3) is 0 Å². The molecule has 38 heavy (non-hydrogen) atoms. The molecule has 1 heterocycles. The Morgan fingerprint density at radius 3 is 2.26 bits per heavy atom. The molecule has 5 nitrogen and oxygen atoms in total. The quantitative estimate of drug-likeness (QED) is 0.348. The number of alkyl halides is 3. The van der Waals surface area contributed by atoms with Crippen LogP contribution in [-0.4, -0.2) is 67.3 Å². The van der Waals surface area contributed by atoms with E-state index in [-0.39, 0.29) is 6.10 Å². The normalized spacial score (nSPS) is 14.6. The van der Waals surface area contributed by atoms with E-state index in [1.165, 1.54) is 32.4 Å². The number of ether oxygens (including phenoxy) is 1. The number of benzene rings is 2. The van der Waals surface area contributed by atoms with Crippen molar-refractivity contribution in [2.45, 2.75) is 44.4 Å². The highest BCUT2D eigenvalue weighted by atomic mass is 35.5. The molecule has 0 radical (unpaired) electrons. The second-order valence-electron chi connectivity index (χ2n) is 9.15. The third kappa shape index (κ3) is 12.0. The van der Waals surface area contributed by atoms with E-state index in [2.05, 4.69) is 60.0 Å². The minimum absolute atomic E-state index is 0.0687. The van der Waals surface area contributed by atoms with Crippen molar-refractivity contribution in [1.29, 1.82) is 0 Å². The number of hydrogen-bond donors (Lipinski definition) is 1. The third-order valence-electron chi connectivity index (χ3n) is 5.77. The minimum Gasteiger partial charge on any atom is -0.486 e. The molecule has 2 aromatic rings. The van der Waals surface area contributed by atoms with Gasteiger partial charge in [-0.25, -0.2) is 4.79 Å². The van der Waals surface area contributed by atoms with Gasteiger partial charge in [0.2, 0.25) is 0 Å². The predicted octanol–water partition coefficient (Wildman–Crippen LogP) is 6.93. The zero-order valence-corrected chi connectivity index (χ0v) is 23.0. The molecule has 0 amide bonds. The van der Waals surface area contributed by atoms with Gasteiger partial charge in [-0.3, -0.25) is 0 Å². The second kappa shape index (κ2) is 15.8. The van der Waals surface area contributed by atoms with Crippen LogP contribution in [-0.2, 0) is 4.79 Å². The summed E-state index contributed by atoms with van der Waals surface area (Å²) in [5.74, 6) is 4.60. The first-order valence-electron chi connectivity index (χ1n) is 12.3. The van der Waals surface area contributed by atoms with Crippen molar-refractivity contribution in [2.24, 2.45) is 0 Å². The first kappa shape index (κ1) is 31.8. The van der Waals surface area contributed by atoms with Gasteiger partial charge in [0.15, 0.2) is 0 Å². The Morgan fingerprint density at radius 2 is 1.71 bits per heavy atom. The number of carboxylic acid groups (broad SMARTS) is 1. The molecular formula is C28H33Cl2F3N2O3. The maximum Gasteiger partial charge on any atom is 0.490 e. The summed E-state index contributed by atoms with van der Waals surface area (Å²) in [5, 5.41) is 8.16. The lowest BCUT2D eigenvalue weighted by Crippen LogP contribution is -2.30. The highest BCUT2D eigenvalue weighted by Crippen LogP contribution is 2.30. The van der Waals surface area contributed by atoms with Crippen LogP contribution in [0.3, 0.4) is 0 Å². The lowest BCUT2D eigenvalue weighted by molar-refractivity contribution is -0.192. The van der Waals surface area contributed by atoms with Crippen LogP contribution in [0.25, 0.3) is 0 Å². The molecule has 1 fully saturated rings.